The predicted octanol–water partition coefficient (Wildman–Crippen LogP) is 2.73. The molecule has 1 atom stereocenters. The predicted molar refractivity (Wildman–Crippen MR) is 72.0 cm³/mol. The number of thiophene rings is 1. The Hall–Kier alpha value is 0.390. The normalized spacial score (nSPS) is 22.4. The molecule has 0 unspecified atom stereocenters. The molecule has 0 saturated carbocycles. The molecule has 0 aliphatic carbocycles. The van der Waals surface area contributed by atoms with E-state index in [0.717, 1.165) is 26.2 Å². The Labute approximate surface area is 110 Å². The molecule has 1 aromatic rings. The lowest BCUT2D eigenvalue weighted by atomic mass is 10.2. The molecule has 1 saturated heterocycles. The molecular weight excluding hydrogens is 296 g/mol. The molecule has 1 aliphatic heterocycles. The van der Waals surface area contributed by atoms with E-state index in [9.17, 15) is 0 Å². The third-order valence-corrected chi connectivity index (χ3v) is 4.30. The first-order valence-electron chi connectivity index (χ1n) is 4.93. The van der Waals surface area contributed by atoms with Crippen LogP contribution in [0.25, 0.3) is 0 Å². The number of rotatable bonds is 2. The van der Waals surface area contributed by atoms with E-state index in [2.05, 4.69) is 44.5 Å². The highest BCUT2D eigenvalue weighted by Gasteiger charge is 2.18. The van der Waals surface area contributed by atoms with Crippen molar-refractivity contribution >= 4 is 39.7 Å². The Morgan fingerprint density at radius 3 is 3.07 bits per heavy atom. The minimum absolute atomic E-state index is 0. The molecule has 1 aliphatic rings. The second-order valence-electron chi connectivity index (χ2n) is 3.75. The van der Waals surface area contributed by atoms with E-state index in [1.54, 1.807) is 0 Å². The molecule has 5 heteroatoms. The van der Waals surface area contributed by atoms with Gasteiger partial charge in [0, 0.05) is 47.0 Å². The zero-order valence-electron chi connectivity index (χ0n) is 8.70. The van der Waals surface area contributed by atoms with Crippen LogP contribution in [0.2, 0.25) is 0 Å². The Kier molecular flexibility index (Phi) is 5.57. The first-order chi connectivity index (χ1) is 6.75. The third-order valence-electron chi connectivity index (χ3n) is 2.62. The van der Waals surface area contributed by atoms with Crippen molar-refractivity contribution in [3.05, 3.63) is 20.8 Å². The highest BCUT2D eigenvalue weighted by molar-refractivity contribution is 9.10. The smallest absolute Gasteiger partial charge is 0.0332 e. The maximum Gasteiger partial charge on any atom is 0.0332 e. The average Bonchev–Trinajstić information content (AvgIpc) is 2.56. The number of halogens is 2. The quantitative estimate of drug-likeness (QED) is 0.903. The van der Waals surface area contributed by atoms with Crippen molar-refractivity contribution in [1.82, 2.24) is 10.2 Å². The van der Waals surface area contributed by atoms with Gasteiger partial charge in [-0.2, -0.15) is 0 Å². The fraction of sp³-hybridized carbons (Fsp3) is 0.600. The fourth-order valence-corrected chi connectivity index (χ4v) is 3.23. The van der Waals surface area contributed by atoms with Crippen LogP contribution in [0.4, 0.5) is 0 Å². The van der Waals surface area contributed by atoms with Gasteiger partial charge < -0.3 is 5.32 Å². The lowest BCUT2D eigenvalue weighted by Crippen LogP contribution is -2.49. The average molecular weight is 312 g/mol. The topological polar surface area (TPSA) is 15.3 Å². The van der Waals surface area contributed by atoms with Gasteiger partial charge in [-0.05, 0) is 28.9 Å². The number of nitrogens with zero attached hydrogens (tertiary/aromatic N) is 1. The molecule has 1 aromatic heterocycles. The molecule has 0 amide bonds. The number of nitrogens with one attached hydrogen (secondary N) is 1. The summed E-state index contributed by atoms with van der Waals surface area (Å²) in [4.78, 5) is 3.99. The summed E-state index contributed by atoms with van der Waals surface area (Å²) in [6.45, 7) is 6.79. The van der Waals surface area contributed by atoms with Gasteiger partial charge in [0.15, 0.2) is 0 Å². The van der Waals surface area contributed by atoms with Gasteiger partial charge in [0.25, 0.3) is 0 Å². The maximum absolute atomic E-state index is 3.49. The van der Waals surface area contributed by atoms with Crippen LogP contribution < -0.4 is 5.32 Å². The summed E-state index contributed by atoms with van der Waals surface area (Å²) in [7, 11) is 0. The molecule has 0 radical (unpaired) electrons. The Bertz CT molecular complexity index is 305. The van der Waals surface area contributed by atoms with E-state index < -0.39 is 0 Å². The molecule has 2 nitrogen and oxygen atoms in total. The van der Waals surface area contributed by atoms with E-state index in [4.69, 9.17) is 0 Å². The van der Waals surface area contributed by atoms with Crippen LogP contribution in [0.1, 0.15) is 11.8 Å². The van der Waals surface area contributed by atoms with Crippen LogP contribution in [-0.2, 0) is 6.54 Å². The maximum atomic E-state index is 3.49. The van der Waals surface area contributed by atoms with Crippen LogP contribution >= 0.6 is 39.7 Å². The van der Waals surface area contributed by atoms with Crippen molar-refractivity contribution in [3.8, 4) is 0 Å². The van der Waals surface area contributed by atoms with Crippen molar-refractivity contribution in [2.45, 2.75) is 19.5 Å². The van der Waals surface area contributed by atoms with Crippen LogP contribution in [0.15, 0.2) is 15.9 Å². The molecular formula is C10H16BrClN2S. The van der Waals surface area contributed by atoms with E-state index in [1.807, 2.05) is 11.3 Å². The van der Waals surface area contributed by atoms with Gasteiger partial charge >= 0.3 is 0 Å². The van der Waals surface area contributed by atoms with Gasteiger partial charge in [-0.3, -0.25) is 4.90 Å². The lowest BCUT2D eigenvalue weighted by molar-refractivity contribution is 0.167. The second kappa shape index (κ2) is 6.21. The van der Waals surface area contributed by atoms with E-state index in [1.165, 1.54) is 9.35 Å². The van der Waals surface area contributed by atoms with Gasteiger partial charge in [0.2, 0.25) is 0 Å². The van der Waals surface area contributed by atoms with Gasteiger partial charge in [-0.1, -0.05) is 0 Å². The van der Waals surface area contributed by atoms with Crippen molar-refractivity contribution in [1.29, 1.82) is 0 Å². The minimum atomic E-state index is 0. The molecule has 1 fully saturated rings. The Morgan fingerprint density at radius 1 is 1.67 bits per heavy atom. The van der Waals surface area contributed by atoms with Crippen LogP contribution in [0.3, 0.4) is 0 Å². The standard InChI is InChI=1S/C10H15BrN2S.ClH/c1-8-5-12-2-3-13(8)6-10-4-9(11)7-14-10;/h4,7-8,12H,2-3,5-6H2,1H3;1H/t8-;/m0./s1. The van der Waals surface area contributed by atoms with Gasteiger partial charge in [-0.15, -0.1) is 23.7 Å². The van der Waals surface area contributed by atoms with E-state index in [0.29, 0.717) is 6.04 Å². The number of hydrogen-bond acceptors (Lipinski definition) is 3. The lowest BCUT2D eigenvalue weighted by Gasteiger charge is -2.33. The number of piperazine rings is 1. The summed E-state index contributed by atoms with van der Waals surface area (Å²) >= 11 is 5.33. The second-order valence-corrected chi connectivity index (χ2v) is 5.67. The molecule has 1 N–H and O–H groups in total. The Balaban J connectivity index is 0.00000112. The molecule has 0 spiro atoms. The van der Waals surface area contributed by atoms with Crippen molar-refractivity contribution in [3.63, 3.8) is 0 Å². The van der Waals surface area contributed by atoms with Crippen LogP contribution in [0.5, 0.6) is 0 Å². The SMILES string of the molecule is C[C@H]1CNCCN1Cc1cc(Br)cs1.Cl. The summed E-state index contributed by atoms with van der Waals surface area (Å²) in [6.07, 6.45) is 0. The molecule has 2 rings (SSSR count). The summed E-state index contributed by atoms with van der Waals surface area (Å²) < 4.78 is 1.21. The summed E-state index contributed by atoms with van der Waals surface area (Å²) in [5.41, 5.74) is 0. The first kappa shape index (κ1) is 13.5. The summed E-state index contributed by atoms with van der Waals surface area (Å²) in [5, 5.41) is 5.56. The van der Waals surface area contributed by atoms with Crippen molar-refractivity contribution in [2.24, 2.45) is 0 Å². The fourth-order valence-electron chi connectivity index (χ4n) is 1.75. The van der Waals surface area contributed by atoms with Gasteiger partial charge in [0.1, 0.15) is 0 Å². The zero-order chi connectivity index (χ0) is 9.97. The number of hydrogen-bond donors (Lipinski definition) is 1. The van der Waals surface area contributed by atoms with Crippen molar-refractivity contribution < 1.29 is 0 Å². The Morgan fingerprint density at radius 2 is 2.47 bits per heavy atom. The van der Waals surface area contributed by atoms with Crippen molar-refractivity contribution in [2.75, 3.05) is 19.6 Å². The minimum Gasteiger partial charge on any atom is -0.314 e. The van der Waals surface area contributed by atoms with Gasteiger partial charge in [0.05, 0.1) is 0 Å². The molecule has 86 valence electrons. The summed E-state index contributed by atoms with van der Waals surface area (Å²) in [6, 6.07) is 2.88. The zero-order valence-corrected chi connectivity index (χ0v) is 11.9. The highest BCUT2D eigenvalue weighted by atomic mass is 79.9. The largest absolute Gasteiger partial charge is 0.314 e. The first-order valence-corrected chi connectivity index (χ1v) is 6.60. The monoisotopic (exact) mass is 310 g/mol. The third kappa shape index (κ3) is 3.71. The van der Waals surface area contributed by atoms with E-state index >= 15 is 0 Å². The molecule has 0 bridgehead atoms. The van der Waals surface area contributed by atoms with Crippen LogP contribution in [0, 0.1) is 0 Å². The van der Waals surface area contributed by atoms with Crippen LogP contribution in [-0.4, -0.2) is 30.6 Å². The highest BCUT2D eigenvalue weighted by Crippen LogP contribution is 2.22. The van der Waals surface area contributed by atoms with E-state index in [-0.39, 0.29) is 12.4 Å². The summed E-state index contributed by atoms with van der Waals surface area (Å²) in [5.74, 6) is 0. The van der Waals surface area contributed by atoms with Gasteiger partial charge in [-0.25, -0.2) is 0 Å². The molecule has 15 heavy (non-hydrogen) atoms. The molecule has 2 heterocycles. The molecule has 0 aromatic carbocycles.